The molecule has 1 rings (SSSR count). The first-order chi connectivity index (χ1) is 8.20. The SMILES string of the molecule is COCCN(CCBr)C(=O)c1ccncc1O. The van der Waals surface area contributed by atoms with Crippen LogP contribution in [-0.2, 0) is 4.74 Å². The maximum Gasteiger partial charge on any atom is 0.257 e. The third-order valence-electron chi connectivity index (χ3n) is 2.24. The number of carbonyl (C=O) groups is 1. The Morgan fingerprint density at radius 2 is 2.35 bits per heavy atom. The molecule has 0 aliphatic heterocycles. The predicted molar refractivity (Wildman–Crippen MR) is 67.5 cm³/mol. The second-order valence-corrected chi connectivity index (χ2v) is 4.16. The maximum atomic E-state index is 12.1. The van der Waals surface area contributed by atoms with Crippen molar-refractivity contribution in [2.75, 3.05) is 32.1 Å². The summed E-state index contributed by atoms with van der Waals surface area (Å²) >= 11 is 3.29. The number of carbonyl (C=O) groups excluding carboxylic acids is 1. The van der Waals surface area contributed by atoms with E-state index in [0.717, 1.165) is 0 Å². The van der Waals surface area contributed by atoms with Crippen LogP contribution in [0.2, 0.25) is 0 Å². The number of aromatic nitrogens is 1. The molecule has 0 aliphatic rings. The molecule has 0 fully saturated rings. The van der Waals surface area contributed by atoms with Gasteiger partial charge in [0.15, 0.2) is 0 Å². The average molecular weight is 303 g/mol. The molecule has 0 atom stereocenters. The Morgan fingerprint density at radius 3 is 2.94 bits per heavy atom. The monoisotopic (exact) mass is 302 g/mol. The van der Waals surface area contributed by atoms with Crippen molar-refractivity contribution in [2.45, 2.75) is 0 Å². The molecule has 0 spiro atoms. The van der Waals surface area contributed by atoms with Gasteiger partial charge in [0, 0.05) is 31.7 Å². The second-order valence-electron chi connectivity index (χ2n) is 3.37. The summed E-state index contributed by atoms with van der Waals surface area (Å²) in [4.78, 5) is 17.5. The van der Waals surface area contributed by atoms with Crippen LogP contribution in [0.5, 0.6) is 5.75 Å². The number of rotatable bonds is 6. The van der Waals surface area contributed by atoms with Crippen LogP contribution in [0.4, 0.5) is 0 Å². The fourth-order valence-electron chi connectivity index (χ4n) is 1.36. The first-order valence-electron chi connectivity index (χ1n) is 5.18. The van der Waals surface area contributed by atoms with E-state index in [1.807, 2.05) is 0 Å². The summed E-state index contributed by atoms with van der Waals surface area (Å²) in [5, 5.41) is 10.2. The predicted octanol–water partition coefficient (Wildman–Crippen LogP) is 1.27. The summed E-state index contributed by atoms with van der Waals surface area (Å²) < 4.78 is 4.95. The molecular formula is C11H15BrN2O3. The summed E-state index contributed by atoms with van der Waals surface area (Å²) in [7, 11) is 1.58. The largest absolute Gasteiger partial charge is 0.505 e. The van der Waals surface area contributed by atoms with Crippen molar-refractivity contribution in [1.29, 1.82) is 0 Å². The van der Waals surface area contributed by atoms with Gasteiger partial charge in [-0.2, -0.15) is 0 Å². The van der Waals surface area contributed by atoms with Gasteiger partial charge in [-0.1, -0.05) is 15.9 Å². The zero-order chi connectivity index (χ0) is 12.7. The van der Waals surface area contributed by atoms with Crippen LogP contribution in [0.15, 0.2) is 18.5 Å². The fourth-order valence-corrected chi connectivity index (χ4v) is 1.78. The highest BCUT2D eigenvalue weighted by atomic mass is 79.9. The summed E-state index contributed by atoms with van der Waals surface area (Å²) in [6.45, 7) is 1.51. The van der Waals surface area contributed by atoms with Crippen molar-refractivity contribution >= 4 is 21.8 Å². The number of methoxy groups -OCH3 is 1. The lowest BCUT2D eigenvalue weighted by atomic mass is 10.2. The molecule has 5 nitrogen and oxygen atoms in total. The molecule has 0 bridgehead atoms. The van der Waals surface area contributed by atoms with Gasteiger partial charge in [-0.15, -0.1) is 0 Å². The minimum Gasteiger partial charge on any atom is -0.505 e. The lowest BCUT2D eigenvalue weighted by Gasteiger charge is -2.21. The Morgan fingerprint density at radius 1 is 1.59 bits per heavy atom. The molecule has 17 heavy (non-hydrogen) atoms. The van der Waals surface area contributed by atoms with Crippen molar-refractivity contribution < 1.29 is 14.6 Å². The van der Waals surface area contributed by atoms with E-state index in [9.17, 15) is 9.90 Å². The molecule has 0 aromatic carbocycles. The molecule has 1 aromatic rings. The van der Waals surface area contributed by atoms with Crippen LogP contribution in [0, 0.1) is 0 Å². The third kappa shape index (κ3) is 3.98. The van der Waals surface area contributed by atoms with Gasteiger partial charge in [0.05, 0.1) is 18.4 Å². The number of pyridine rings is 1. The Hall–Kier alpha value is -1.14. The molecule has 0 saturated heterocycles. The number of hydrogen-bond acceptors (Lipinski definition) is 4. The number of amides is 1. The smallest absolute Gasteiger partial charge is 0.257 e. The molecule has 0 unspecified atom stereocenters. The van der Waals surface area contributed by atoms with E-state index < -0.39 is 0 Å². The number of hydrogen-bond donors (Lipinski definition) is 1. The molecule has 1 N–H and O–H groups in total. The van der Waals surface area contributed by atoms with Gasteiger partial charge in [-0.05, 0) is 6.07 Å². The van der Waals surface area contributed by atoms with Gasteiger partial charge in [-0.3, -0.25) is 9.78 Å². The molecule has 6 heteroatoms. The van der Waals surface area contributed by atoms with E-state index in [-0.39, 0.29) is 17.2 Å². The first-order valence-corrected chi connectivity index (χ1v) is 6.30. The highest BCUT2D eigenvalue weighted by Gasteiger charge is 2.17. The highest BCUT2D eigenvalue weighted by molar-refractivity contribution is 9.09. The maximum absolute atomic E-state index is 12.1. The van der Waals surface area contributed by atoms with Crippen molar-refractivity contribution in [3.8, 4) is 5.75 Å². The van der Waals surface area contributed by atoms with Crippen LogP contribution < -0.4 is 0 Å². The lowest BCUT2D eigenvalue weighted by molar-refractivity contribution is 0.0706. The molecule has 0 saturated carbocycles. The van der Waals surface area contributed by atoms with E-state index in [4.69, 9.17) is 4.74 Å². The van der Waals surface area contributed by atoms with Gasteiger partial charge in [-0.25, -0.2) is 0 Å². The Labute approximate surface area is 109 Å². The fraction of sp³-hybridized carbons (Fsp3) is 0.455. The average Bonchev–Trinajstić information content (AvgIpc) is 2.34. The standard InChI is InChI=1S/C11H15BrN2O3/c1-17-7-6-14(5-3-12)11(16)9-2-4-13-8-10(9)15/h2,4,8,15H,3,5-7H2,1H3. The molecule has 1 heterocycles. The van der Waals surface area contributed by atoms with Crippen LogP contribution in [0.3, 0.4) is 0 Å². The van der Waals surface area contributed by atoms with Crippen molar-refractivity contribution in [2.24, 2.45) is 0 Å². The molecule has 0 radical (unpaired) electrons. The molecule has 1 amide bonds. The number of nitrogens with zero attached hydrogens (tertiary/aromatic N) is 2. The summed E-state index contributed by atoms with van der Waals surface area (Å²) in [6, 6.07) is 1.51. The van der Waals surface area contributed by atoms with Crippen LogP contribution >= 0.6 is 15.9 Å². The minimum absolute atomic E-state index is 0.102. The Bertz CT molecular complexity index is 373. The van der Waals surface area contributed by atoms with Gasteiger partial charge in [0.2, 0.25) is 0 Å². The second kappa shape index (κ2) is 7.24. The van der Waals surface area contributed by atoms with Gasteiger partial charge >= 0.3 is 0 Å². The van der Waals surface area contributed by atoms with E-state index >= 15 is 0 Å². The normalized spacial score (nSPS) is 10.2. The number of halogens is 1. The Balaban J connectivity index is 2.80. The molecule has 1 aromatic heterocycles. The van der Waals surface area contributed by atoms with Crippen LogP contribution in [0.1, 0.15) is 10.4 Å². The first kappa shape index (κ1) is 13.9. The number of aromatic hydroxyl groups is 1. The van der Waals surface area contributed by atoms with E-state index in [0.29, 0.717) is 25.0 Å². The summed E-state index contributed by atoms with van der Waals surface area (Å²) in [6.07, 6.45) is 2.74. The van der Waals surface area contributed by atoms with E-state index in [2.05, 4.69) is 20.9 Å². The van der Waals surface area contributed by atoms with Crippen LogP contribution in [-0.4, -0.2) is 53.0 Å². The van der Waals surface area contributed by atoms with Crippen molar-refractivity contribution in [3.05, 3.63) is 24.0 Å². The molecular weight excluding hydrogens is 288 g/mol. The zero-order valence-corrected chi connectivity index (χ0v) is 11.2. The topological polar surface area (TPSA) is 62.7 Å². The van der Waals surface area contributed by atoms with E-state index in [1.54, 1.807) is 12.0 Å². The highest BCUT2D eigenvalue weighted by Crippen LogP contribution is 2.16. The number of ether oxygens (including phenoxy) is 1. The quantitative estimate of drug-likeness (QED) is 0.804. The van der Waals surface area contributed by atoms with Crippen molar-refractivity contribution in [1.82, 2.24) is 9.88 Å². The minimum atomic E-state index is -0.221. The van der Waals surface area contributed by atoms with Crippen molar-refractivity contribution in [3.63, 3.8) is 0 Å². The summed E-state index contributed by atoms with van der Waals surface area (Å²) in [5.74, 6) is -0.323. The van der Waals surface area contributed by atoms with Gasteiger partial charge < -0.3 is 14.7 Å². The van der Waals surface area contributed by atoms with E-state index in [1.165, 1.54) is 18.5 Å². The lowest BCUT2D eigenvalue weighted by Crippen LogP contribution is -2.35. The Kier molecular flexibility index (Phi) is 5.93. The molecule has 0 aliphatic carbocycles. The molecule has 94 valence electrons. The van der Waals surface area contributed by atoms with Gasteiger partial charge in [0.1, 0.15) is 5.75 Å². The van der Waals surface area contributed by atoms with Gasteiger partial charge in [0.25, 0.3) is 5.91 Å². The van der Waals surface area contributed by atoms with Crippen LogP contribution in [0.25, 0.3) is 0 Å². The summed E-state index contributed by atoms with van der Waals surface area (Å²) in [5.41, 5.74) is 0.261. The zero-order valence-electron chi connectivity index (χ0n) is 9.60. The number of alkyl halides is 1. The third-order valence-corrected chi connectivity index (χ3v) is 2.59.